The molecule has 0 bridgehead atoms. The van der Waals surface area contributed by atoms with Gasteiger partial charge < -0.3 is 14.5 Å². The van der Waals surface area contributed by atoms with Gasteiger partial charge in [-0.3, -0.25) is 9.59 Å². The third-order valence-corrected chi connectivity index (χ3v) is 5.39. The van der Waals surface area contributed by atoms with Gasteiger partial charge in [-0.05, 0) is 11.6 Å². The molecule has 3 aliphatic rings. The minimum atomic E-state index is -0.562. The molecular formula is C16H17ClN2O3. The number of amides is 2. The molecule has 2 amide bonds. The van der Waals surface area contributed by atoms with E-state index in [9.17, 15) is 9.59 Å². The SMILES string of the molecule is O=C(Cc1ccccc1Cl)N1CC[C@@]23OCCN2C(=O)C[C@@H]13. The molecule has 3 fully saturated rings. The summed E-state index contributed by atoms with van der Waals surface area (Å²) < 4.78 is 5.90. The summed E-state index contributed by atoms with van der Waals surface area (Å²) >= 11 is 6.14. The average Bonchev–Trinajstić information content (AvgIpc) is 3.13. The Morgan fingerprint density at radius 3 is 3.00 bits per heavy atom. The Hall–Kier alpha value is -1.59. The molecular weight excluding hydrogens is 304 g/mol. The minimum absolute atomic E-state index is 0.0140. The van der Waals surface area contributed by atoms with Gasteiger partial charge >= 0.3 is 0 Å². The molecule has 3 saturated heterocycles. The van der Waals surface area contributed by atoms with Crippen LogP contribution < -0.4 is 0 Å². The fraction of sp³-hybridized carbons (Fsp3) is 0.500. The molecule has 1 aromatic rings. The molecule has 3 aliphatic heterocycles. The average molecular weight is 321 g/mol. The highest BCUT2D eigenvalue weighted by Crippen LogP contribution is 2.45. The standard InChI is InChI=1S/C16H17ClN2O3/c17-12-4-2-1-3-11(12)9-14(20)18-6-5-16-13(18)10-15(21)19(16)7-8-22-16/h1-4,13H,5-10H2/t13-,16+/m1/s1. The molecule has 1 spiro atoms. The molecule has 0 N–H and O–H groups in total. The third-order valence-electron chi connectivity index (χ3n) is 5.02. The quantitative estimate of drug-likeness (QED) is 0.828. The number of hydrogen-bond acceptors (Lipinski definition) is 3. The van der Waals surface area contributed by atoms with Crippen molar-refractivity contribution in [1.29, 1.82) is 0 Å². The second-order valence-electron chi connectivity index (χ2n) is 6.06. The Morgan fingerprint density at radius 2 is 2.18 bits per heavy atom. The molecule has 2 atom stereocenters. The van der Waals surface area contributed by atoms with Crippen molar-refractivity contribution < 1.29 is 14.3 Å². The number of benzene rings is 1. The fourth-order valence-electron chi connectivity index (χ4n) is 4.00. The van der Waals surface area contributed by atoms with Crippen molar-refractivity contribution in [3.8, 4) is 0 Å². The van der Waals surface area contributed by atoms with E-state index in [0.29, 0.717) is 37.6 Å². The van der Waals surface area contributed by atoms with Crippen LogP contribution in [0, 0.1) is 0 Å². The van der Waals surface area contributed by atoms with E-state index >= 15 is 0 Å². The summed E-state index contributed by atoms with van der Waals surface area (Å²) in [4.78, 5) is 28.4. The third kappa shape index (κ3) is 1.88. The van der Waals surface area contributed by atoms with Gasteiger partial charge in [0.05, 0.1) is 25.5 Å². The first-order chi connectivity index (χ1) is 10.6. The number of halogens is 1. The van der Waals surface area contributed by atoms with E-state index in [-0.39, 0.29) is 24.3 Å². The monoisotopic (exact) mass is 320 g/mol. The van der Waals surface area contributed by atoms with Crippen LogP contribution in [-0.4, -0.2) is 53.1 Å². The molecule has 0 aliphatic carbocycles. The number of carbonyl (C=O) groups is 2. The summed E-state index contributed by atoms with van der Waals surface area (Å²) in [5.74, 6) is 0.109. The molecule has 0 radical (unpaired) electrons. The van der Waals surface area contributed by atoms with Crippen LogP contribution in [-0.2, 0) is 20.7 Å². The Bertz CT molecular complexity index is 650. The molecule has 22 heavy (non-hydrogen) atoms. The first kappa shape index (κ1) is 14.0. The van der Waals surface area contributed by atoms with Crippen molar-refractivity contribution in [3.05, 3.63) is 34.9 Å². The van der Waals surface area contributed by atoms with E-state index in [4.69, 9.17) is 16.3 Å². The van der Waals surface area contributed by atoms with Gasteiger partial charge in [0.15, 0.2) is 5.72 Å². The highest BCUT2D eigenvalue weighted by atomic mass is 35.5. The van der Waals surface area contributed by atoms with Crippen molar-refractivity contribution in [2.75, 3.05) is 19.7 Å². The second-order valence-corrected chi connectivity index (χ2v) is 6.47. The summed E-state index contributed by atoms with van der Waals surface area (Å²) in [5, 5.41) is 0.603. The van der Waals surface area contributed by atoms with Crippen molar-refractivity contribution >= 4 is 23.4 Å². The van der Waals surface area contributed by atoms with E-state index < -0.39 is 5.72 Å². The molecule has 3 heterocycles. The molecule has 4 rings (SSSR count). The van der Waals surface area contributed by atoms with Gasteiger partial charge in [-0.2, -0.15) is 0 Å². The molecule has 0 saturated carbocycles. The lowest BCUT2D eigenvalue weighted by atomic mass is 10.1. The lowest BCUT2D eigenvalue weighted by molar-refractivity contribution is -0.139. The van der Waals surface area contributed by atoms with Gasteiger partial charge in [0.2, 0.25) is 11.8 Å². The lowest BCUT2D eigenvalue weighted by Gasteiger charge is -2.31. The smallest absolute Gasteiger partial charge is 0.227 e. The molecule has 1 aromatic carbocycles. The van der Waals surface area contributed by atoms with E-state index in [1.807, 2.05) is 28.0 Å². The first-order valence-corrected chi connectivity index (χ1v) is 7.97. The van der Waals surface area contributed by atoms with Crippen LogP contribution >= 0.6 is 11.6 Å². The van der Waals surface area contributed by atoms with Crippen molar-refractivity contribution in [3.63, 3.8) is 0 Å². The minimum Gasteiger partial charge on any atom is -0.351 e. The topological polar surface area (TPSA) is 49.9 Å². The zero-order valence-corrected chi connectivity index (χ0v) is 12.9. The van der Waals surface area contributed by atoms with Crippen LogP contribution in [0.25, 0.3) is 0 Å². The highest BCUT2D eigenvalue weighted by Gasteiger charge is 2.62. The van der Waals surface area contributed by atoms with Gasteiger partial charge in [-0.25, -0.2) is 0 Å². The van der Waals surface area contributed by atoms with Crippen molar-refractivity contribution in [2.45, 2.75) is 31.0 Å². The van der Waals surface area contributed by atoms with Crippen LogP contribution in [0.1, 0.15) is 18.4 Å². The molecule has 6 heteroatoms. The van der Waals surface area contributed by atoms with Crippen molar-refractivity contribution in [1.82, 2.24) is 9.80 Å². The number of nitrogens with zero attached hydrogens (tertiary/aromatic N) is 2. The maximum absolute atomic E-state index is 12.7. The number of rotatable bonds is 2. The Labute approximate surface area is 133 Å². The highest BCUT2D eigenvalue weighted by molar-refractivity contribution is 6.31. The fourth-order valence-corrected chi connectivity index (χ4v) is 4.20. The van der Waals surface area contributed by atoms with Crippen LogP contribution in [0.15, 0.2) is 24.3 Å². The van der Waals surface area contributed by atoms with E-state index in [0.717, 1.165) is 5.56 Å². The summed E-state index contributed by atoms with van der Waals surface area (Å²) in [6.45, 7) is 1.84. The summed E-state index contributed by atoms with van der Waals surface area (Å²) in [6, 6.07) is 7.22. The van der Waals surface area contributed by atoms with Crippen LogP contribution in [0.3, 0.4) is 0 Å². The number of carbonyl (C=O) groups excluding carboxylic acids is 2. The van der Waals surface area contributed by atoms with E-state index in [1.54, 1.807) is 6.07 Å². The zero-order chi connectivity index (χ0) is 15.3. The maximum atomic E-state index is 12.7. The van der Waals surface area contributed by atoms with Crippen molar-refractivity contribution in [2.24, 2.45) is 0 Å². The van der Waals surface area contributed by atoms with Crippen LogP contribution in [0.4, 0.5) is 0 Å². The Balaban J connectivity index is 1.56. The lowest BCUT2D eigenvalue weighted by Crippen LogP contribution is -2.49. The molecule has 116 valence electrons. The maximum Gasteiger partial charge on any atom is 0.227 e. The number of likely N-dealkylation sites (tertiary alicyclic amines) is 1. The number of ether oxygens (including phenoxy) is 1. The predicted molar refractivity (Wildman–Crippen MR) is 80.3 cm³/mol. The normalized spacial score (nSPS) is 29.9. The van der Waals surface area contributed by atoms with Gasteiger partial charge in [-0.1, -0.05) is 29.8 Å². The first-order valence-electron chi connectivity index (χ1n) is 7.59. The molecule has 5 nitrogen and oxygen atoms in total. The zero-order valence-electron chi connectivity index (χ0n) is 12.1. The Morgan fingerprint density at radius 1 is 1.36 bits per heavy atom. The Kier molecular flexibility index (Phi) is 3.16. The van der Waals surface area contributed by atoms with Crippen LogP contribution in [0.5, 0.6) is 0 Å². The summed E-state index contributed by atoms with van der Waals surface area (Å²) in [5.41, 5.74) is 0.261. The molecule has 0 aromatic heterocycles. The largest absolute Gasteiger partial charge is 0.351 e. The second kappa shape index (κ2) is 4.96. The predicted octanol–water partition coefficient (Wildman–Crippen LogP) is 1.44. The van der Waals surface area contributed by atoms with Gasteiger partial charge in [0.25, 0.3) is 0 Å². The van der Waals surface area contributed by atoms with Gasteiger partial charge in [-0.15, -0.1) is 0 Å². The van der Waals surface area contributed by atoms with Gasteiger partial charge in [0, 0.05) is 24.5 Å². The van der Waals surface area contributed by atoms with Crippen LogP contribution in [0.2, 0.25) is 5.02 Å². The van der Waals surface area contributed by atoms with E-state index in [2.05, 4.69) is 0 Å². The summed E-state index contributed by atoms with van der Waals surface area (Å²) in [6.07, 6.45) is 1.34. The van der Waals surface area contributed by atoms with Gasteiger partial charge in [0.1, 0.15) is 0 Å². The molecule has 0 unspecified atom stereocenters. The van der Waals surface area contributed by atoms with E-state index in [1.165, 1.54) is 0 Å². The number of hydrogen-bond donors (Lipinski definition) is 0. The summed E-state index contributed by atoms with van der Waals surface area (Å²) in [7, 11) is 0.